The third-order valence-corrected chi connectivity index (χ3v) is 5.76. The Labute approximate surface area is 149 Å². The predicted octanol–water partition coefficient (Wildman–Crippen LogP) is 1.37. The van der Waals surface area contributed by atoms with E-state index >= 15 is 0 Å². The number of aromatic nitrogens is 2. The van der Waals surface area contributed by atoms with Gasteiger partial charge < -0.3 is 15.5 Å². The Morgan fingerprint density at radius 2 is 1.88 bits per heavy atom. The zero-order chi connectivity index (χ0) is 17.1. The van der Waals surface area contributed by atoms with Gasteiger partial charge >= 0.3 is 6.03 Å². The van der Waals surface area contributed by atoms with E-state index in [0.29, 0.717) is 12.1 Å². The second kappa shape index (κ2) is 7.56. The number of anilines is 1. The largest absolute Gasteiger partial charge is 0.339 e. The number of nitrogens with one attached hydrogen (secondary N) is 2. The molecule has 0 radical (unpaired) electrons. The van der Waals surface area contributed by atoms with Crippen molar-refractivity contribution in [2.45, 2.75) is 56.7 Å². The van der Waals surface area contributed by atoms with Crippen molar-refractivity contribution in [3.8, 4) is 0 Å². The van der Waals surface area contributed by atoms with E-state index in [2.05, 4.69) is 30.4 Å². The van der Waals surface area contributed by atoms with Crippen LogP contribution < -0.4 is 15.5 Å². The van der Waals surface area contributed by atoms with Crippen molar-refractivity contribution in [2.24, 2.45) is 0 Å². The lowest BCUT2D eigenvalue weighted by Crippen LogP contribution is -2.54. The molecular weight excluding hydrogens is 316 g/mol. The van der Waals surface area contributed by atoms with Crippen LogP contribution in [0.5, 0.6) is 0 Å². The van der Waals surface area contributed by atoms with Gasteiger partial charge in [-0.1, -0.05) is 6.42 Å². The van der Waals surface area contributed by atoms with Crippen LogP contribution in [0.25, 0.3) is 0 Å². The minimum Gasteiger partial charge on any atom is -0.339 e. The normalized spacial score (nSPS) is 29.9. The number of fused-ring (bicyclic) bond motifs is 1. The molecule has 1 aromatic heterocycles. The van der Waals surface area contributed by atoms with E-state index in [1.54, 1.807) is 12.4 Å². The molecule has 1 aromatic rings. The van der Waals surface area contributed by atoms with Gasteiger partial charge in [0.1, 0.15) is 0 Å². The van der Waals surface area contributed by atoms with Gasteiger partial charge in [-0.05, 0) is 44.7 Å². The van der Waals surface area contributed by atoms with Crippen molar-refractivity contribution in [1.29, 1.82) is 0 Å². The monoisotopic (exact) mass is 344 g/mol. The molecule has 0 saturated carbocycles. The Balaban J connectivity index is 1.29. The van der Waals surface area contributed by atoms with Crippen LogP contribution in [0.3, 0.4) is 0 Å². The van der Waals surface area contributed by atoms with Gasteiger partial charge in [-0.3, -0.25) is 4.90 Å². The third kappa shape index (κ3) is 3.86. The average Bonchev–Trinajstić information content (AvgIpc) is 3.06. The van der Waals surface area contributed by atoms with E-state index in [0.717, 1.165) is 44.8 Å². The molecule has 0 aliphatic carbocycles. The third-order valence-electron chi connectivity index (χ3n) is 5.76. The maximum absolute atomic E-state index is 12.5. The molecule has 2 amide bonds. The first-order chi connectivity index (χ1) is 12.3. The van der Waals surface area contributed by atoms with Crippen molar-refractivity contribution < 1.29 is 4.79 Å². The Kier molecular flexibility index (Phi) is 5.01. The molecule has 0 bridgehead atoms. The first-order valence-electron chi connectivity index (χ1n) is 9.62. The first kappa shape index (κ1) is 16.6. The van der Waals surface area contributed by atoms with Crippen molar-refractivity contribution in [2.75, 3.05) is 31.1 Å². The van der Waals surface area contributed by atoms with Gasteiger partial charge in [0.05, 0.1) is 0 Å². The van der Waals surface area contributed by atoms with Crippen LogP contribution in [0.1, 0.15) is 38.5 Å². The van der Waals surface area contributed by atoms with Gasteiger partial charge in [0.25, 0.3) is 0 Å². The van der Waals surface area contributed by atoms with E-state index < -0.39 is 0 Å². The van der Waals surface area contributed by atoms with E-state index in [-0.39, 0.29) is 12.1 Å². The van der Waals surface area contributed by atoms with Crippen LogP contribution in [0.2, 0.25) is 0 Å². The van der Waals surface area contributed by atoms with Gasteiger partial charge in [-0.25, -0.2) is 14.8 Å². The Morgan fingerprint density at radius 3 is 2.76 bits per heavy atom. The van der Waals surface area contributed by atoms with E-state index in [1.807, 2.05) is 6.07 Å². The summed E-state index contributed by atoms with van der Waals surface area (Å²) in [4.78, 5) is 25.8. The fourth-order valence-electron chi connectivity index (χ4n) is 4.54. The van der Waals surface area contributed by atoms with Gasteiger partial charge in [-0.15, -0.1) is 0 Å². The summed E-state index contributed by atoms with van der Waals surface area (Å²) in [6, 6.07) is 2.81. The molecule has 4 heterocycles. The Bertz CT molecular complexity index is 582. The lowest BCUT2D eigenvalue weighted by molar-refractivity contribution is 0.178. The Morgan fingerprint density at radius 1 is 1.00 bits per heavy atom. The highest BCUT2D eigenvalue weighted by Gasteiger charge is 2.36. The average molecular weight is 344 g/mol. The second-order valence-corrected chi connectivity index (χ2v) is 7.45. The maximum Gasteiger partial charge on any atom is 0.315 e. The summed E-state index contributed by atoms with van der Waals surface area (Å²) in [6.07, 6.45) is 10.5. The van der Waals surface area contributed by atoms with Crippen LogP contribution >= 0.6 is 0 Å². The number of carbonyl (C=O) groups excluding carboxylic acids is 1. The predicted molar refractivity (Wildman–Crippen MR) is 96.6 cm³/mol. The SMILES string of the molecule is O=C(N[C@@H]1CCCN(c2ncccn2)C1)N[C@H]1CCN2CCCC[C@H]12. The molecule has 4 rings (SSSR count). The molecule has 25 heavy (non-hydrogen) atoms. The zero-order valence-electron chi connectivity index (χ0n) is 14.7. The smallest absolute Gasteiger partial charge is 0.315 e. The topological polar surface area (TPSA) is 73.4 Å². The number of piperidine rings is 2. The molecule has 3 fully saturated rings. The highest BCUT2D eigenvalue weighted by molar-refractivity contribution is 5.74. The van der Waals surface area contributed by atoms with Crippen molar-refractivity contribution in [3.05, 3.63) is 18.5 Å². The van der Waals surface area contributed by atoms with Crippen LogP contribution in [0, 0.1) is 0 Å². The van der Waals surface area contributed by atoms with Crippen molar-refractivity contribution in [3.63, 3.8) is 0 Å². The molecule has 3 aliphatic rings. The molecule has 3 saturated heterocycles. The molecule has 0 unspecified atom stereocenters. The molecule has 136 valence electrons. The summed E-state index contributed by atoms with van der Waals surface area (Å²) in [7, 11) is 0. The van der Waals surface area contributed by atoms with Crippen LogP contribution in [-0.2, 0) is 0 Å². The Hall–Kier alpha value is -1.89. The minimum atomic E-state index is -0.0155. The highest BCUT2D eigenvalue weighted by Crippen LogP contribution is 2.27. The van der Waals surface area contributed by atoms with Gasteiger partial charge in [0.2, 0.25) is 5.95 Å². The lowest BCUT2D eigenvalue weighted by Gasteiger charge is -2.34. The molecule has 7 nitrogen and oxygen atoms in total. The number of hydrogen-bond acceptors (Lipinski definition) is 5. The highest BCUT2D eigenvalue weighted by atomic mass is 16.2. The summed E-state index contributed by atoms with van der Waals surface area (Å²) in [5.74, 6) is 0.753. The molecule has 7 heteroatoms. The zero-order valence-corrected chi connectivity index (χ0v) is 14.7. The van der Waals surface area contributed by atoms with Gasteiger partial charge in [-0.2, -0.15) is 0 Å². The summed E-state index contributed by atoms with van der Waals surface area (Å²) >= 11 is 0. The van der Waals surface area contributed by atoms with E-state index in [9.17, 15) is 4.79 Å². The standard InChI is InChI=1S/C18H28N6O/c25-18(22-15-7-12-23-10-2-1-6-16(15)23)21-14-5-3-11-24(13-14)17-19-8-4-9-20-17/h4,8-9,14-16H,1-3,5-7,10-13H2,(H2,21,22,25)/t14-,15+,16-/m1/s1. The van der Waals surface area contributed by atoms with Crippen LogP contribution in [-0.4, -0.2) is 65.2 Å². The summed E-state index contributed by atoms with van der Waals surface area (Å²) in [6.45, 7) is 4.04. The van der Waals surface area contributed by atoms with Crippen LogP contribution in [0.15, 0.2) is 18.5 Å². The maximum atomic E-state index is 12.5. The molecule has 3 atom stereocenters. The second-order valence-electron chi connectivity index (χ2n) is 7.45. The first-order valence-corrected chi connectivity index (χ1v) is 9.62. The molecule has 2 N–H and O–H groups in total. The van der Waals surface area contributed by atoms with E-state index in [4.69, 9.17) is 0 Å². The molecular formula is C18H28N6O. The lowest BCUT2D eigenvalue weighted by atomic mass is 9.99. The number of rotatable bonds is 3. The molecule has 0 spiro atoms. The molecule has 0 aromatic carbocycles. The van der Waals surface area contributed by atoms with Crippen molar-refractivity contribution in [1.82, 2.24) is 25.5 Å². The fourth-order valence-corrected chi connectivity index (χ4v) is 4.54. The minimum absolute atomic E-state index is 0.0155. The van der Waals surface area contributed by atoms with Gasteiger partial charge in [0, 0.05) is 50.2 Å². The summed E-state index contributed by atoms with van der Waals surface area (Å²) in [5.41, 5.74) is 0. The number of hydrogen-bond donors (Lipinski definition) is 2. The number of amides is 2. The van der Waals surface area contributed by atoms with Gasteiger partial charge in [0.15, 0.2) is 0 Å². The number of carbonyl (C=O) groups is 1. The quantitative estimate of drug-likeness (QED) is 0.866. The van der Waals surface area contributed by atoms with Crippen LogP contribution in [0.4, 0.5) is 10.7 Å². The number of nitrogens with zero attached hydrogens (tertiary/aromatic N) is 4. The van der Waals surface area contributed by atoms with Crippen molar-refractivity contribution >= 4 is 12.0 Å². The number of urea groups is 1. The van der Waals surface area contributed by atoms with E-state index in [1.165, 1.54) is 25.8 Å². The summed E-state index contributed by atoms with van der Waals surface area (Å²) < 4.78 is 0. The summed E-state index contributed by atoms with van der Waals surface area (Å²) in [5, 5.41) is 6.41. The molecule has 3 aliphatic heterocycles. The fraction of sp³-hybridized carbons (Fsp3) is 0.722.